The Morgan fingerprint density at radius 1 is 0.326 bits per heavy atom. The van der Waals surface area contributed by atoms with Crippen LogP contribution in [0.3, 0.4) is 0 Å². The lowest BCUT2D eigenvalue weighted by Gasteiger charge is -2.21. The summed E-state index contributed by atoms with van der Waals surface area (Å²) in [5, 5.41) is 9.81. The Labute approximate surface area is 258 Å². The average Bonchev–Trinajstić information content (AvgIpc) is 3.10. The first-order valence-corrected chi connectivity index (χ1v) is 17.5. The van der Waals surface area contributed by atoms with Crippen molar-refractivity contribution < 1.29 is 0 Å². The third-order valence-corrected chi connectivity index (χ3v) is 12.4. The minimum Gasteiger partial charge on any atom is -0.0622 e. The first-order chi connectivity index (χ1) is 21.4. The van der Waals surface area contributed by atoms with Gasteiger partial charge in [-0.05, 0) is 58.7 Å². The summed E-state index contributed by atoms with van der Waals surface area (Å²) in [4.78, 5) is 0. The highest BCUT2D eigenvalue weighted by molar-refractivity contribution is 7.79. The summed E-state index contributed by atoms with van der Waals surface area (Å²) in [6.07, 6.45) is 1.08. The van der Waals surface area contributed by atoms with Crippen LogP contribution >= 0.6 is 15.8 Å². The quantitative estimate of drug-likeness (QED) is 0.163. The van der Waals surface area contributed by atoms with E-state index in [9.17, 15) is 0 Å². The van der Waals surface area contributed by atoms with Crippen LogP contribution in [0.1, 0.15) is 5.56 Å². The number of hydrogen-bond acceptors (Lipinski definition) is 0. The zero-order valence-electron chi connectivity index (χ0n) is 24.1. The van der Waals surface area contributed by atoms with Crippen LogP contribution in [0, 0.1) is 0 Å². The molecule has 0 spiro atoms. The molecule has 0 aliphatic rings. The molecule has 0 nitrogen and oxygen atoms in total. The van der Waals surface area contributed by atoms with Crippen molar-refractivity contribution in [2.24, 2.45) is 0 Å². The second-order valence-corrected chi connectivity index (χ2v) is 14.6. The number of hydrogen-bond donors (Lipinski definition) is 0. The second-order valence-electron chi connectivity index (χ2n) is 10.2. The van der Waals surface area contributed by atoms with Crippen molar-refractivity contribution in [3.8, 4) is 0 Å². The van der Waals surface area contributed by atoms with Crippen LogP contribution < -0.4 is 26.5 Å². The predicted molar refractivity (Wildman–Crippen MR) is 192 cm³/mol. The summed E-state index contributed by atoms with van der Waals surface area (Å²) < 4.78 is 0. The highest BCUT2D eigenvalue weighted by atomic mass is 31.1. The van der Waals surface area contributed by atoms with E-state index < -0.39 is 15.8 Å². The highest BCUT2D eigenvalue weighted by Crippen LogP contribution is 2.40. The molecule has 1 atom stereocenters. The summed E-state index contributed by atoms with van der Waals surface area (Å²) in [6, 6.07) is 69.6. The maximum Gasteiger partial charge on any atom is 0.000764 e. The maximum atomic E-state index is 2.31. The van der Waals surface area contributed by atoms with E-state index >= 15 is 0 Å². The molecule has 0 amide bonds. The van der Waals surface area contributed by atoms with Gasteiger partial charge < -0.3 is 0 Å². The summed E-state index contributed by atoms with van der Waals surface area (Å²) in [5.74, 6) is 0. The van der Waals surface area contributed by atoms with Crippen molar-refractivity contribution in [3.05, 3.63) is 200 Å². The largest absolute Gasteiger partial charge is 0.0622 e. The molecular formula is C41H34P2. The van der Waals surface area contributed by atoms with E-state index in [0.29, 0.717) is 0 Å². The molecule has 1 unspecified atom stereocenters. The molecule has 7 aromatic carbocycles. The van der Waals surface area contributed by atoms with Crippen molar-refractivity contribution in [1.82, 2.24) is 0 Å². The van der Waals surface area contributed by atoms with E-state index in [1.807, 2.05) is 0 Å². The minimum absolute atomic E-state index is 0.427. The van der Waals surface area contributed by atoms with Crippen molar-refractivity contribution in [2.45, 2.75) is 6.16 Å². The van der Waals surface area contributed by atoms with Gasteiger partial charge in [0.1, 0.15) is 0 Å². The number of benzene rings is 7. The van der Waals surface area contributed by atoms with Gasteiger partial charge in [0.2, 0.25) is 0 Å². The van der Waals surface area contributed by atoms with Gasteiger partial charge in [-0.1, -0.05) is 194 Å². The molecule has 0 fully saturated rings. The Hall–Kier alpha value is -4.34. The molecule has 43 heavy (non-hydrogen) atoms. The molecule has 0 radical (unpaired) electrons. The van der Waals surface area contributed by atoms with Gasteiger partial charge in [0.05, 0.1) is 0 Å². The van der Waals surface area contributed by atoms with Crippen molar-refractivity contribution in [1.29, 1.82) is 0 Å². The molecule has 0 aliphatic heterocycles. The van der Waals surface area contributed by atoms with Crippen LogP contribution in [0.4, 0.5) is 0 Å². The lowest BCUT2D eigenvalue weighted by Crippen LogP contribution is -2.20. The predicted octanol–water partition coefficient (Wildman–Crippen LogP) is 8.92. The first-order valence-electron chi connectivity index (χ1n) is 14.7. The minimum atomic E-state index is -0.446. The summed E-state index contributed by atoms with van der Waals surface area (Å²) in [7, 11) is -0.873. The Morgan fingerprint density at radius 2 is 0.721 bits per heavy atom. The average molecular weight is 589 g/mol. The molecule has 0 heterocycles. The van der Waals surface area contributed by atoms with E-state index in [4.69, 9.17) is 0 Å². The van der Waals surface area contributed by atoms with Gasteiger partial charge in [-0.15, -0.1) is 0 Å². The molecule has 7 rings (SSSR count). The van der Waals surface area contributed by atoms with Gasteiger partial charge in [0.15, 0.2) is 0 Å². The molecule has 7 aromatic rings. The summed E-state index contributed by atoms with van der Waals surface area (Å²) in [6.45, 7) is 0. The summed E-state index contributed by atoms with van der Waals surface area (Å²) >= 11 is 0. The van der Waals surface area contributed by atoms with Gasteiger partial charge in [0.25, 0.3) is 0 Å². The third-order valence-electron chi connectivity index (χ3n) is 7.35. The van der Waals surface area contributed by atoms with Crippen LogP contribution in [0.2, 0.25) is 0 Å². The Kier molecular flexibility index (Phi) is 9.84. The fourth-order valence-electron chi connectivity index (χ4n) is 5.31. The standard InChI is InChI=1S/C23H19P.C18H15P/c1-3-10-19(11-4-1)18-24(21-14-5-2-6-15-21)23-17-9-13-20-12-7-8-16-22(20)23;1-4-10-16(11-5-1)19(17-12-6-2-7-13-17)18-14-8-3-9-15-18/h1-17H,18H2;1-15H. The molecule has 0 aromatic heterocycles. The lowest BCUT2D eigenvalue weighted by atomic mass is 10.1. The lowest BCUT2D eigenvalue weighted by molar-refractivity contribution is 1.40. The van der Waals surface area contributed by atoms with Crippen LogP contribution in [0.25, 0.3) is 10.8 Å². The zero-order valence-corrected chi connectivity index (χ0v) is 25.9. The Morgan fingerprint density at radius 3 is 1.23 bits per heavy atom. The first kappa shape index (κ1) is 28.8. The summed E-state index contributed by atoms with van der Waals surface area (Å²) in [5.41, 5.74) is 1.40. The molecule has 0 bridgehead atoms. The maximum absolute atomic E-state index is 2.31. The Bertz CT molecular complexity index is 1720. The van der Waals surface area contributed by atoms with Gasteiger partial charge in [0, 0.05) is 6.16 Å². The van der Waals surface area contributed by atoms with Crippen LogP contribution in [-0.4, -0.2) is 0 Å². The molecule has 2 heteroatoms. The van der Waals surface area contributed by atoms with E-state index in [2.05, 4.69) is 194 Å². The van der Waals surface area contributed by atoms with Gasteiger partial charge in [-0.25, -0.2) is 0 Å². The van der Waals surface area contributed by atoms with Gasteiger partial charge in [-0.3, -0.25) is 0 Å². The fourth-order valence-corrected chi connectivity index (χ4v) is 10.1. The van der Waals surface area contributed by atoms with Crippen LogP contribution in [-0.2, 0) is 6.16 Å². The normalized spacial score (nSPS) is 11.5. The highest BCUT2D eigenvalue weighted by Gasteiger charge is 2.17. The molecular weight excluding hydrogens is 554 g/mol. The van der Waals surface area contributed by atoms with Crippen molar-refractivity contribution >= 4 is 53.1 Å². The van der Waals surface area contributed by atoms with Crippen LogP contribution in [0.5, 0.6) is 0 Å². The molecule has 0 saturated carbocycles. The topological polar surface area (TPSA) is 0 Å². The van der Waals surface area contributed by atoms with E-state index in [1.165, 1.54) is 42.9 Å². The zero-order chi connectivity index (χ0) is 29.1. The fraction of sp³-hybridized carbons (Fsp3) is 0.0244. The third kappa shape index (κ3) is 7.36. The van der Waals surface area contributed by atoms with Crippen molar-refractivity contribution in [2.75, 3.05) is 0 Å². The second kappa shape index (κ2) is 14.7. The molecule has 0 saturated heterocycles. The molecule has 0 aliphatic carbocycles. The SMILES string of the molecule is c1ccc(CP(c2ccccc2)c2cccc3ccccc23)cc1.c1ccc(P(c2ccccc2)c2ccccc2)cc1. The van der Waals surface area contributed by atoms with Gasteiger partial charge >= 0.3 is 0 Å². The van der Waals surface area contributed by atoms with Crippen molar-refractivity contribution in [3.63, 3.8) is 0 Å². The van der Waals surface area contributed by atoms with Gasteiger partial charge in [-0.2, -0.15) is 0 Å². The van der Waals surface area contributed by atoms with E-state index in [1.54, 1.807) is 0 Å². The number of rotatable bonds is 7. The Balaban J connectivity index is 0.000000157. The van der Waals surface area contributed by atoms with E-state index in [-0.39, 0.29) is 0 Å². The molecule has 208 valence electrons. The van der Waals surface area contributed by atoms with Crippen LogP contribution in [0.15, 0.2) is 194 Å². The monoisotopic (exact) mass is 588 g/mol. The smallest absolute Gasteiger partial charge is 0.000764 e. The van der Waals surface area contributed by atoms with E-state index in [0.717, 1.165) is 6.16 Å². The molecule has 0 N–H and O–H groups in total. The number of fused-ring (bicyclic) bond motifs is 1.